The van der Waals surface area contributed by atoms with Gasteiger partial charge in [0.05, 0.1) is 0 Å². The zero-order valence-electron chi connectivity index (χ0n) is 9.30. The van der Waals surface area contributed by atoms with Gasteiger partial charge in [0, 0.05) is 12.1 Å². The molecule has 1 aliphatic rings. The van der Waals surface area contributed by atoms with Gasteiger partial charge in [-0.3, -0.25) is 0 Å². The molecule has 0 radical (unpaired) electrons. The highest BCUT2D eigenvalue weighted by molar-refractivity contribution is 5.86. The molecule has 1 saturated carbocycles. The van der Waals surface area contributed by atoms with E-state index in [-0.39, 0.29) is 5.57 Å². The lowest BCUT2D eigenvalue weighted by Crippen LogP contribution is -2.23. The zero-order valence-corrected chi connectivity index (χ0v) is 9.30. The minimum Gasteiger partial charge on any atom is -0.478 e. The van der Waals surface area contributed by atoms with Gasteiger partial charge >= 0.3 is 5.97 Å². The van der Waals surface area contributed by atoms with Gasteiger partial charge in [-0.15, -0.1) is 0 Å². The average molecular weight is 211 g/mol. The van der Waals surface area contributed by atoms with Crippen LogP contribution in [0.3, 0.4) is 0 Å². The van der Waals surface area contributed by atoms with Gasteiger partial charge in [-0.05, 0) is 18.9 Å². The molecule has 0 bridgehead atoms. The van der Waals surface area contributed by atoms with Crippen molar-refractivity contribution < 1.29 is 9.90 Å². The molecule has 1 rings (SSSR count). The molecule has 0 atom stereocenters. The molecule has 0 unspecified atom stereocenters. The second-order valence-electron chi connectivity index (χ2n) is 4.38. The van der Waals surface area contributed by atoms with E-state index >= 15 is 0 Å². The van der Waals surface area contributed by atoms with E-state index in [9.17, 15) is 4.79 Å². The van der Waals surface area contributed by atoms with E-state index in [1.54, 1.807) is 0 Å². The van der Waals surface area contributed by atoms with Crippen molar-refractivity contribution in [2.24, 2.45) is 5.92 Å². The van der Waals surface area contributed by atoms with Gasteiger partial charge in [-0.1, -0.05) is 38.7 Å². The lowest BCUT2D eigenvalue weighted by atomic mass is 9.87. The van der Waals surface area contributed by atoms with Crippen molar-refractivity contribution in [3.05, 3.63) is 12.2 Å². The molecule has 0 spiro atoms. The predicted molar refractivity (Wildman–Crippen MR) is 60.8 cm³/mol. The van der Waals surface area contributed by atoms with Crippen LogP contribution in [0, 0.1) is 5.92 Å². The number of carbonyl (C=O) groups is 1. The summed E-state index contributed by atoms with van der Waals surface area (Å²) in [6, 6.07) is 0. The van der Waals surface area contributed by atoms with Crippen LogP contribution in [0.5, 0.6) is 0 Å². The monoisotopic (exact) mass is 211 g/mol. The maximum absolute atomic E-state index is 10.5. The molecule has 3 nitrogen and oxygen atoms in total. The molecule has 1 aliphatic carbocycles. The number of carboxylic acid groups (broad SMARTS) is 1. The molecular formula is C12H21NO2. The predicted octanol–water partition coefficient (Wildman–Crippen LogP) is 2.19. The zero-order chi connectivity index (χ0) is 11.1. The molecule has 0 amide bonds. The second kappa shape index (κ2) is 6.62. The van der Waals surface area contributed by atoms with Crippen molar-refractivity contribution in [2.45, 2.75) is 38.5 Å². The summed E-state index contributed by atoms with van der Waals surface area (Å²) in [5.41, 5.74) is 0.249. The Bertz CT molecular complexity index is 220. The second-order valence-corrected chi connectivity index (χ2v) is 4.38. The van der Waals surface area contributed by atoms with Gasteiger partial charge in [-0.25, -0.2) is 4.79 Å². The van der Waals surface area contributed by atoms with E-state index in [1.807, 2.05) is 0 Å². The topological polar surface area (TPSA) is 49.3 Å². The third kappa shape index (κ3) is 4.98. The molecule has 15 heavy (non-hydrogen) atoms. The first-order chi connectivity index (χ1) is 7.20. The first-order valence-corrected chi connectivity index (χ1v) is 5.82. The van der Waals surface area contributed by atoms with Crippen molar-refractivity contribution in [2.75, 3.05) is 13.1 Å². The van der Waals surface area contributed by atoms with Gasteiger partial charge in [0.15, 0.2) is 0 Å². The van der Waals surface area contributed by atoms with Crippen LogP contribution < -0.4 is 5.32 Å². The van der Waals surface area contributed by atoms with E-state index in [0.29, 0.717) is 6.54 Å². The van der Waals surface area contributed by atoms with Gasteiger partial charge in [0.2, 0.25) is 0 Å². The third-order valence-corrected chi connectivity index (χ3v) is 3.09. The van der Waals surface area contributed by atoms with Gasteiger partial charge in [-0.2, -0.15) is 0 Å². The van der Waals surface area contributed by atoms with Crippen molar-refractivity contribution >= 4 is 5.97 Å². The molecule has 2 N–H and O–H groups in total. The summed E-state index contributed by atoms with van der Waals surface area (Å²) in [6.45, 7) is 4.79. The number of nitrogens with one attached hydrogen (secondary N) is 1. The van der Waals surface area contributed by atoms with Crippen LogP contribution in [0.1, 0.15) is 38.5 Å². The number of hydrogen-bond donors (Lipinski definition) is 2. The molecular weight excluding hydrogens is 190 g/mol. The number of aliphatic carboxylic acids is 1. The smallest absolute Gasteiger partial charge is 0.332 e. The summed E-state index contributed by atoms with van der Waals surface area (Å²) in [7, 11) is 0. The largest absolute Gasteiger partial charge is 0.478 e. The third-order valence-electron chi connectivity index (χ3n) is 3.09. The number of rotatable bonds is 6. The van der Waals surface area contributed by atoms with E-state index < -0.39 is 5.97 Å². The van der Waals surface area contributed by atoms with E-state index in [2.05, 4.69) is 11.9 Å². The molecule has 0 aromatic carbocycles. The molecule has 1 fully saturated rings. The first-order valence-electron chi connectivity index (χ1n) is 5.82. The van der Waals surface area contributed by atoms with Crippen molar-refractivity contribution in [1.29, 1.82) is 0 Å². The van der Waals surface area contributed by atoms with E-state index in [0.717, 1.165) is 12.5 Å². The summed E-state index contributed by atoms with van der Waals surface area (Å²) in [6.07, 6.45) is 7.99. The van der Waals surface area contributed by atoms with Crippen LogP contribution in [0.15, 0.2) is 12.2 Å². The lowest BCUT2D eigenvalue weighted by Gasteiger charge is -2.21. The molecule has 0 aromatic rings. The van der Waals surface area contributed by atoms with Crippen LogP contribution in [-0.4, -0.2) is 24.2 Å². The lowest BCUT2D eigenvalue weighted by molar-refractivity contribution is -0.132. The van der Waals surface area contributed by atoms with Gasteiger partial charge < -0.3 is 10.4 Å². The highest BCUT2D eigenvalue weighted by Crippen LogP contribution is 2.25. The normalized spacial score (nSPS) is 17.6. The molecule has 86 valence electrons. The Morgan fingerprint density at radius 1 is 1.33 bits per heavy atom. The van der Waals surface area contributed by atoms with Gasteiger partial charge in [0.1, 0.15) is 0 Å². The van der Waals surface area contributed by atoms with Crippen LogP contribution >= 0.6 is 0 Å². The van der Waals surface area contributed by atoms with Crippen molar-refractivity contribution in [1.82, 2.24) is 5.32 Å². The Hall–Kier alpha value is -0.830. The highest BCUT2D eigenvalue weighted by atomic mass is 16.4. The fourth-order valence-corrected chi connectivity index (χ4v) is 2.10. The minimum absolute atomic E-state index is 0.249. The highest BCUT2D eigenvalue weighted by Gasteiger charge is 2.12. The quantitative estimate of drug-likeness (QED) is 0.523. The molecule has 3 heteroatoms. The van der Waals surface area contributed by atoms with E-state index in [1.165, 1.54) is 38.5 Å². The van der Waals surface area contributed by atoms with Crippen LogP contribution in [0.2, 0.25) is 0 Å². The first kappa shape index (κ1) is 12.2. The Morgan fingerprint density at radius 3 is 2.60 bits per heavy atom. The summed E-state index contributed by atoms with van der Waals surface area (Å²) < 4.78 is 0. The minimum atomic E-state index is -0.903. The number of hydrogen-bond acceptors (Lipinski definition) is 2. The van der Waals surface area contributed by atoms with Gasteiger partial charge in [0.25, 0.3) is 0 Å². The Labute approximate surface area is 91.6 Å². The summed E-state index contributed by atoms with van der Waals surface area (Å²) in [5, 5.41) is 11.7. The Morgan fingerprint density at radius 2 is 2.00 bits per heavy atom. The maximum Gasteiger partial charge on any atom is 0.332 e. The Kier molecular flexibility index (Phi) is 5.40. The van der Waals surface area contributed by atoms with Crippen molar-refractivity contribution in [3.63, 3.8) is 0 Å². The molecule has 0 saturated heterocycles. The molecule has 0 heterocycles. The van der Waals surface area contributed by atoms with Crippen LogP contribution in [0.25, 0.3) is 0 Å². The van der Waals surface area contributed by atoms with Crippen LogP contribution in [-0.2, 0) is 4.79 Å². The summed E-state index contributed by atoms with van der Waals surface area (Å²) in [4.78, 5) is 10.5. The summed E-state index contributed by atoms with van der Waals surface area (Å²) >= 11 is 0. The fourth-order valence-electron chi connectivity index (χ4n) is 2.10. The Balaban J connectivity index is 2.01. The molecule has 0 aliphatic heterocycles. The SMILES string of the molecule is C=C(CNCCC1CCCCC1)C(=O)O. The van der Waals surface area contributed by atoms with E-state index in [4.69, 9.17) is 5.11 Å². The molecule has 0 aromatic heterocycles. The fraction of sp³-hybridized carbons (Fsp3) is 0.750. The number of carboxylic acids is 1. The average Bonchev–Trinajstić information content (AvgIpc) is 2.25. The maximum atomic E-state index is 10.5. The van der Waals surface area contributed by atoms with Crippen molar-refractivity contribution in [3.8, 4) is 0 Å². The standard InChI is InChI=1S/C12H21NO2/c1-10(12(14)15)9-13-8-7-11-5-3-2-4-6-11/h11,13H,1-9H2,(H,14,15). The summed E-state index contributed by atoms with van der Waals surface area (Å²) in [5.74, 6) is -0.0514. The van der Waals surface area contributed by atoms with Crippen LogP contribution in [0.4, 0.5) is 0 Å².